The standard InChI is InChI=1S/C18H22N4O3S/c1-2-8-20-18(23)22-10-7-14-5-6-17(11-15(14)13-22)26(24,25)21-16-4-3-9-19-12-16/h3-6,9,11-12,21H,2,7-8,10,13H2,1H3,(H,20,23). The summed E-state index contributed by atoms with van der Waals surface area (Å²) in [7, 11) is -3.71. The summed E-state index contributed by atoms with van der Waals surface area (Å²) in [6, 6.07) is 8.27. The maximum atomic E-state index is 12.6. The van der Waals surface area contributed by atoms with Crippen LogP contribution in [0.4, 0.5) is 10.5 Å². The number of hydrogen-bond acceptors (Lipinski definition) is 4. The summed E-state index contributed by atoms with van der Waals surface area (Å²) in [5.41, 5.74) is 2.34. The highest BCUT2D eigenvalue weighted by atomic mass is 32.2. The van der Waals surface area contributed by atoms with Crippen molar-refractivity contribution in [2.45, 2.75) is 31.2 Å². The first-order chi connectivity index (χ1) is 12.5. The zero-order valence-corrected chi connectivity index (χ0v) is 15.4. The lowest BCUT2D eigenvalue weighted by Crippen LogP contribution is -2.43. The van der Waals surface area contributed by atoms with Crippen LogP contribution in [0.2, 0.25) is 0 Å². The number of aromatic nitrogens is 1. The molecule has 0 fully saturated rings. The number of nitrogens with one attached hydrogen (secondary N) is 2. The Kier molecular flexibility index (Phi) is 5.41. The number of sulfonamides is 1. The van der Waals surface area contributed by atoms with Gasteiger partial charge in [-0.2, -0.15) is 0 Å². The van der Waals surface area contributed by atoms with Crippen molar-refractivity contribution in [2.24, 2.45) is 0 Å². The molecule has 2 heterocycles. The van der Waals surface area contributed by atoms with E-state index in [1.807, 2.05) is 13.0 Å². The van der Waals surface area contributed by atoms with Crippen molar-refractivity contribution in [1.82, 2.24) is 15.2 Å². The van der Waals surface area contributed by atoms with Gasteiger partial charge in [-0.3, -0.25) is 9.71 Å². The third-order valence-electron chi connectivity index (χ3n) is 4.23. The number of hydrogen-bond donors (Lipinski definition) is 2. The highest BCUT2D eigenvalue weighted by Crippen LogP contribution is 2.24. The fourth-order valence-corrected chi connectivity index (χ4v) is 3.95. The summed E-state index contributed by atoms with van der Waals surface area (Å²) < 4.78 is 27.7. The van der Waals surface area contributed by atoms with E-state index in [1.165, 1.54) is 6.20 Å². The van der Waals surface area contributed by atoms with Gasteiger partial charge in [0.05, 0.1) is 16.8 Å². The lowest BCUT2D eigenvalue weighted by Gasteiger charge is -2.29. The Labute approximate surface area is 153 Å². The minimum Gasteiger partial charge on any atom is -0.338 e. The molecule has 0 aliphatic carbocycles. The van der Waals surface area contributed by atoms with Crippen LogP contribution in [0.5, 0.6) is 0 Å². The van der Waals surface area contributed by atoms with Crippen molar-refractivity contribution in [2.75, 3.05) is 17.8 Å². The van der Waals surface area contributed by atoms with Crippen LogP contribution < -0.4 is 10.0 Å². The normalized spacial score (nSPS) is 13.8. The van der Waals surface area contributed by atoms with Gasteiger partial charge in [0, 0.05) is 25.8 Å². The third-order valence-corrected chi connectivity index (χ3v) is 5.61. The van der Waals surface area contributed by atoms with Crippen molar-refractivity contribution in [1.29, 1.82) is 0 Å². The molecule has 0 spiro atoms. The first-order valence-corrected chi connectivity index (χ1v) is 10.1. The van der Waals surface area contributed by atoms with Gasteiger partial charge in [0.1, 0.15) is 0 Å². The number of anilines is 1. The van der Waals surface area contributed by atoms with Crippen molar-refractivity contribution < 1.29 is 13.2 Å². The molecule has 0 atom stereocenters. The lowest BCUT2D eigenvalue weighted by atomic mass is 10.0. The van der Waals surface area contributed by atoms with Gasteiger partial charge < -0.3 is 10.2 Å². The number of benzene rings is 1. The first kappa shape index (κ1) is 18.2. The molecule has 0 bridgehead atoms. The van der Waals surface area contributed by atoms with Crippen LogP contribution in [0.25, 0.3) is 0 Å². The molecule has 138 valence electrons. The molecule has 2 N–H and O–H groups in total. The summed E-state index contributed by atoms with van der Waals surface area (Å²) in [5, 5.41) is 2.86. The molecule has 0 saturated heterocycles. The molecule has 2 aromatic rings. The minimum atomic E-state index is -3.71. The van der Waals surface area contributed by atoms with E-state index in [0.717, 1.165) is 17.5 Å². The monoisotopic (exact) mass is 374 g/mol. The second kappa shape index (κ2) is 7.74. The molecular formula is C18H22N4O3S. The Morgan fingerprint density at radius 1 is 1.27 bits per heavy atom. The summed E-state index contributed by atoms with van der Waals surface area (Å²) in [6.07, 6.45) is 4.62. The molecule has 0 radical (unpaired) electrons. The average Bonchev–Trinajstić information content (AvgIpc) is 2.65. The number of fused-ring (bicyclic) bond motifs is 1. The van der Waals surface area contributed by atoms with Crippen LogP contribution >= 0.6 is 0 Å². The molecule has 1 aliphatic rings. The highest BCUT2D eigenvalue weighted by molar-refractivity contribution is 7.92. The number of carbonyl (C=O) groups is 1. The summed E-state index contributed by atoms with van der Waals surface area (Å²) in [6.45, 7) is 3.66. The van der Waals surface area contributed by atoms with Gasteiger partial charge in [-0.25, -0.2) is 13.2 Å². The Morgan fingerprint density at radius 3 is 2.85 bits per heavy atom. The maximum absolute atomic E-state index is 12.6. The predicted octanol–water partition coefficient (Wildman–Crippen LogP) is 2.36. The summed E-state index contributed by atoms with van der Waals surface area (Å²) >= 11 is 0. The van der Waals surface area contributed by atoms with Crippen molar-refractivity contribution in [3.05, 3.63) is 53.9 Å². The minimum absolute atomic E-state index is 0.112. The molecular weight excluding hydrogens is 352 g/mol. The second-order valence-corrected chi connectivity index (χ2v) is 7.86. The van der Waals surface area contributed by atoms with E-state index < -0.39 is 10.0 Å². The fraction of sp³-hybridized carbons (Fsp3) is 0.333. The summed E-state index contributed by atoms with van der Waals surface area (Å²) in [5.74, 6) is 0. The predicted molar refractivity (Wildman–Crippen MR) is 99.3 cm³/mol. The van der Waals surface area contributed by atoms with E-state index in [2.05, 4.69) is 15.0 Å². The lowest BCUT2D eigenvalue weighted by molar-refractivity contribution is 0.192. The first-order valence-electron chi connectivity index (χ1n) is 8.57. The number of nitrogens with zero attached hydrogens (tertiary/aromatic N) is 2. The Morgan fingerprint density at radius 2 is 2.12 bits per heavy atom. The summed E-state index contributed by atoms with van der Waals surface area (Å²) in [4.78, 5) is 18.0. The maximum Gasteiger partial charge on any atom is 0.317 e. The van der Waals surface area contributed by atoms with Crippen LogP contribution in [0, 0.1) is 0 Å². The number of amides is 2. The molecule has 0 unspecified atom stereocenters. The van der Waals surface area contributed by atoms with E-state index in [-0.39, 0.29) is 10.9 Å². The molecule has 2 amide bonds. The van der Waals surface area contributed by atoms with Gasteiger partial charge in [-0.1, -0.05) is 13.0 Å². The Bertz CT molecular complexity index is 885. The van der Waals surface area contributed by atoms with Gasteiger partial charge in [0.25, 0.3) is 10.0 Å². The topological polar surface area (TPSA) is 91.4 Å². The molecule has 1 aromatic heterocycles. The van der Waals surface area contributed by atoms with Crippen LogP contribution in [0.3, 0.4) is 0 Å². The molecule has 3 rings (SSSR count). The van der Waals surface area contributed by atoms with Gasteiger partial charge in [0.15, 0.2) is 0 Å². The average molecular weight is 374 g/mol. The van der Waals surface area contributed by atoms with Crippen LogP contribution in [-0.2, 0) is 23.0 Å². The van der Waals surface area contributed by atoms with E-state index in [9.17, 15) is 13.2 Å². The molecule has 1 aromatic carbocycles. The molecule has 26 heavy (non-hydrogen) atoms. The number of carbonyl (C=O) groups excluding carboxylic acids is 1. The SMILES string of the molecule is CCCNC(=O)N1CCc2ccc(S(=O)(=O)Nc3cccnc3)cc2C1. The van der Waals surface area contributed by atoms with E-state index in [1.54, 1.807) is 35.4 Å². The molecule has 7 nitrogen and oxygen atoms in total. The second-order valence-electron chi connectivity index (χ2n) is 6.18. The van der Waals surface area contributed by atoms with E-state index in [0.29, 0.717) is 31.7 Å². The van der Waals surface area contributed by atoms with Crippen molar-refractivity contribution >= 4 is 21.7 Å². The Balaban J connectivity index is 1.79. The molecule has 1 aliphatic heterocycles. The zero-order chi connectivity index (χ0) is 18.6. The molecule has 8 heteroatoms. The van der Waals surface area contributed by atoms with E-state index in [4.69, 9.17) is 0 Å². The van der Waals surface area contributed by atoms with Gasteiger partial charge >= 0.3 is 6.03 Å². The van der Waals surface area contributed by atoms with Crippen LogP contribution in [-0.4, -0.2) is 37.4 Å². The largest absolute Gasteiger partial charge is 0.338 e. The number of pyridine rings is 1. The van der Waals surface area contributed by atoms with Crippen LogP contribution in [0.1, 0.15) is 24.5 Å². The third kappa shape index (κ3) is 4.13. The van der Waals surface area contributed by atoms with Gasteiger partial charge in [0.2, 0.25) is 0 Å². The smallest absolute Gasteiger partial charge is 0.317 e. The molecule has 0 saturated carbocycles. The van der Waals surface area contributed by atoms with Gasteiger partial charge in [-0.15, -0.1) is 0 Å². The van der Waals surface area contributed by atoms with Gasteiger partial charge in [-0.05, 0) is 48.2 Å². The van der Waals surface area contributed by atoms with Crippen LogP contribution in [0.15, 0.2) is 47.6 Å². The fourth-order valence-electron chi connectivity index (χ4n) is 2.85. The van der Waals surface area contributed by atoms with Crippen molar-refractivity contribution in [3.63, 3.8) is 0 Å². The van der Waals surface area contributed by atoms with Crippen molar-refractivity contribution in [3.8, 4) is 0 Å². The number of urea groups is 1. The Hall–Kier alpha value is -2.61. The zero-order valence-electron chi connectivity index (χ0n) is 14.6. The quantitative estimate of drug-likeness (QED) is 0.840. The highest BCUT2D eigenvalue weighted by Gasteiger charge is 2.23. The van der Waals surface area contributed by atoms with E-state index >= 15 is 0 Å². The number of rotatable bonds is 5.